The summed E-state index contributed by atoms with van der Waals surface area (Å²) in [6.07, 6.45) is 1.99. The zero-order valence-electron chi connectivity index (χ0n) is 9.54. The Morgan fingerprint density at radius 3 is 2.41 bits per heavy atom. The maximum Gasteiger partial charge on any atom is 0.328 e. The van der Waals surface area contributed by atoms with Gasteiger partial charge in [-0.15, -0.1) is 0 Å². The number of amides is 1. The standard InChI is InChI=1S/C11H16N2O4/c14-10(1-2-11(15)16)13-7-9(8-13)12-3-5-17-6-4-12/h1-2,9H,3-8H2,(H,15,16). The Labute approximate surface area is 99.4 Å². The number of likely N-dealkylation sites (tertiary alicyclic amines) is 1. The third-order valence-corrected chi connectivity index (χ3v) is 3.10. The van der Waals surface area contributed by atoms with E-state index in [9.17, 15) is 9.59 Å². The third kappa shape index (κ3) is 3.04. The number of morpholine rings is 1. The van der Waals surface area contributed by atoms with Crippen molar-refractivity contribution in [2.24, 2.45) is 0 Å². The second-order valence-corrected chi connectivity index (χ2v) is 4.22. The SMILES string of the molecule is O=C(O)C=CC(=O)N1CC(N2CCOCC2)C1. The predicted octanol–water partition coefficient (Wildman–Crippen LogP) is -0.830. The van der Waals surface area contributed by atoms with Gasteiger partial charge in [-0.3, -0.25) is 9.69 Å². The zero-order valence-corrected chi connectivity index (χ0v) is 9.54. The molecule has 0 radical (unpaired) electrons. The average Bonchev–Trinajstić information content (AvgIpc) is 2.26. The van der Waals surface area contributed by atoms with Gasteiger partial charge in [0.1, 0.15) is 0 Å². The van der Waals surface area contributed by atoms with Crippen LogP contribution in [0.15, 0.2) is 12.2 Å². The molecule has 6 nitrogen and oxygen atoms in total. The van der Waals surface area contributed by atoms with E-state index in [1.165, 1.54) is 0 Å². The number of carbonyl (C=O) groups is 2. The van der Waals surface area contributed by atoms with Crippen molar-refractivity contribution in [2.75, 3.05) is 39.4 Å². The van der Waals surface area contributed by atoms with Crippen molar-refractivity contribution < 1.29 is 19.4 Å². The number of carboxylic acid groups (broad SMARTS) is 1. The molecule has 2 heterocycles. The van der Waals surface area contributed by atoms with Crippen LogP contribution in [0.2, 0.25) is 0 Å². The van der Waals surface area contributed by atoms with Crippen molar-refractivity contribution in [3.8, 4) is 0 Å². The molecule has 0 aliphatic carbocycles. The molecule has 2 aliphatic rings. The highest BCUT2D eigenvalue weighted by Gasteiger charge is 2.34. The lowest BCUT2D eigenvalue weighted by Gasteiger charge is -2.46. The van der Waals surface area contributed by atoms with E-state index in [1.807, 2.05) is 0 Å². The number of nitrogens with zero attached hydrogens (tertiary/aromatic N) is 2. The molecule has 0 aromatic heterocycles. The molecule has 94 valence electrons. The van der Waals surface area contributed by atoms with Crippen LogP contribution < -0.4 is 0 Å². The normalized spacial score (nSPS) is 22.7. The van der Waals surface area contributed by atoms with Crippen LogP contribution in [0.25, 0.3) is 0 Å². The summed E-state index contributed by atoms with van der Waals surface area (Å²) in [6, 6.07) is 0.404. The lowest BCUT2D eigenvalue weighted by molar-refractivity contribution is -0.136. The molecule has 2 aliphatic heterocycles. The number of carboxylic acids is 1. The van der Waals surface area contributed by atoms with Crippen LogP contribution in [0.3, 0.4) is 0 Å². The van der Waals surface area contributed by atoms with Crippen molar-refractivity contribution in [2.45, 2.75) is 6.04 Å². The molecule has 1 amide bonds. The Morgan fingerprint density at radius 1 is 1.18 bits per heavy atom. The molecular weight excluding hydrogens is 224 g/mol. The first-order chi connectivity index (χ1) is 8.16. The average molecular weight is 240 g/mol. The first-order valence-corrected chi connectivity index (χ1v) is 5.68. The molecule has 2 rings (SSSR count). The Bertz CT molecular complexity index is 330. The number of ether oxygens (including phenoxy) is 1. The molecule has 0 aromatic rings. The summed E-state index contributed by atoms with van der Waals surface area (Å²) in [4.78, 5) is 25.7. The van der Waals surface area contributed by atoms with Crippen molar-refractivity contribution in [1.82, 2.24) is 9.80 Å². The Kier molecular flexibility index (Phi) is 3.75. The predicted molar refractivity (Wildman–Crippen MR) is 59.5 cm³/mol. The molecule has 17 heavy (non-hydrogen) atoms. The number of hydrogen-bond donors (Lipinski definition) is 1. The van der Waals surface area contributed by atoms with Gasteiger partial charge in [-0.1, -0.05) is 0 Å². The number of hydrogen-bond acceptors (Lipinski definition) is 4. The second kappa shape index (κ2) is 5.29. The maximum atomic E-state index is 11.5. The van der Waals surface area contributed by atoms with E-state index in [-0.39, 0.29) is 5.91 Å². The highest BCUT2D eigenvalue weighted by atomic mass is 16.5. The van der Waals surface area contributed by atoms with Gasteiger partial charge in [0, 0.05) is 44.4 Å². The van der Waals surface area contributed by atoms with E-state index >= 15 is 0 Å². The zero-order chi connectivity index (χ0) is 12.3. The van der Waals surface area contributed by atoms with E-state index in [2.05, 4.69) is 4.90 Å². The summed E-state index contributed by atoms with van der Waals surface area (Å²) in [5.41, 5.74) is 0. The van der Waals surface area contributed by atoms with Crippen LogP contribution in [0.4, 0.5) is 0 Å². The number of carbonyl (C=O) groups excluding carboxylic acids is 1. The van der Waals surface area contributed by atoms with Crippen molar-refractivity contribution >= 4 is 11.9 Å². The lowest BCUT2D eigenvalue weighted by atomic mass is 10.1. The summed E-state index contributed by atoms with van der Waals surface area (Å²) < 4.78 is 5.26. The number of rotatable bonds is 3. The summed E-state index contributed by atoms with van der Waals surface area (Å²) in [7, 11) is 0. The van der Waals surface area contributed by atoms with Gasteiger partial charge in [-0.05, 0) is 0 Å². The van der Waals surface area contributed by atoms with Gasteiger partial charge in [0.15, 0.2) is 0 Å². The Balaban J connectivity index is 1.74. The summed E-state index contributed by atoms with van der Waals surface area (Å²) in [5.74, 6) is -1.32. The molecule has 0 aromatic carbocycles. The van der Waals surface area contributed by atoms with Crippen molar-refractivity contribution in [3.05, 3.63) is 12.2 Å². The van der Waals surface area contributed by atoms with Crippen LogP contribution in [0.5, 0.6) is 0 Å². The molecule has 0 unspecified atom stereocenters. The van der Waals surface area contributed by atoms with E-state index in [1.54, 1.807) is 4.90 Å². The molecular formula is C11H16N2O4. The molecule has 1 N–H and O–H groups in total. The smallest absolute Gasteiger partial charge is 0.328 e. The van der Waals surface area contributed by atoms with E-state index in [0.29, 0.717) is 19.1 Å². The third-order valence-electron chi connectivity index (χ3n) is 3.10. The fourth-order valence-corrected chi connectivity index (χ4v) is 2.06. The van der Waals surface area contributed by atoms with Crippen molar-refractivity contribution in [1.29, 1.82) is 0 Å². The topological polar surface area (TPSA) is 70.1 Å². The summed E-state index contributed by atoms with van der Waals surface area (Å²) >= 11 is 0. The van der Waals surface area contributed by atoms with Gasteiger partial charge >= 0.3 is 5.97 Å². The fraction of sp³-hybridized carbons (Fsp3) is 0.636. The van der Waals surface area contributed by atoms with Gasteiger partial charge in [0.05, 0.1) is 13.2 Å². The molecule has 2 fully saturated rings. The van der Waals surface area contributed by atoms with E-state index in [0.717, 1.165) is 38.5 Å². The van der Waals surface area contributed by atoms with Crippen LogP contribution >= 0.6 is 0 Å². The fourth-order valence-electron chi connectivity index (χ4n) is 2.06. The first kappa shape index (κ1) is 12.1. The van der Waals surface area contributed by atoms with Gasteiger partial charge in [-0.2, -0.15) is 0 Å². The van der Waals surface area contributed by atoms with Crippen LogP contribution in [-0.4, -0.2) is 72.2 Å². The second-order valence-electron chi connectivity index (χ2n) is 4.22. The van der Waals surface area contributed by atoms with E-state index < -0.39 is 5.97 Å². The molecule has 0 atom stereocenters. The lowest BCUT2D eigenvalue weighted by Crippen LogP contribution is -2.62. The maximum absolute atomic E-state index is 11.5. The van der Waals surface area contributed by atoms with Crippen molar-refractivity contribution in [3.63, 3.8) is 0 Å². The van der Waals surface area contributed by atoms with Gasteiger partial charge in [0.25, 0.3) is 0 Å². The van der Waals surface area contributed by atoms with E-state index in [4.69, 9.17) is 9.84 Å². The summed E-state index contributed by atoms with van der Waals surface area (Å²) in [5, 5.41) is 8.41. The van der Waals surface area contributed by atoms with Gasteiger partial charge in [-0.25, -0.2) is 4.79 Å². The highest BCUT2D eigenvalue weighted by molar-refractivity contribution is 5.94. The van der Waals surface area contributed by atoms with Crippen LogP contribution in [-0.2, 0) is 14.3 Å². The largest absolute Gasteiger partial charge is 0.478 e. The first-order valence-electron chi connectivity index (χ1n) is 5.68. The molecule has 6 heteroatoms. The summed E-state index contributed by atoms with van der Waals surface area (Å²) in [6.45, 7) is 4.70. The van der Waals surface area contributed by atoms with Crippen LogP contribution in [0.1, 0.15) is 0 Å². The van der Waals surface area contributed by atoms with Gasteiger partial charge in [0.2, 0.25) is 5.91 Å². The van der Waals surface area contributed by atoms with Gasteiger partial charge < -0.3 is 14.7 Å². The molecule has 2 saturated heterocycles. The highest BCUT2D eigenvalue weighted by Crippen LogP contribution is 2.16. The Morgan fingerprint density at radius 2 is 1.82 bits per heavy atom. The molecule has 0 bridgehead atoms. The minimum atomic E-state index is -1.09. The van der Waals surface area contributed by atoms with Crippen LogP contribution in [0, 0.1) is 0 Å². The number of aliphatic carboxylic acids is 1. The molecule has 0 spiro atoms. The quantitative estimate of drug-likeness (QED) is 0.652. The Hall–Kier alpha value is -1.40. The molecule has 0 saturated carbocycles. The minimum Gasteiger partial charge on any atom is -0.478 e. The monoisotopic (exact) mass is 240 g/mol. The minimum absolute atomic E-state index is 0.225.